The minimum absolute atomic E-state index is 0.161. The van der Waals surface area contributed by atoms with Gasteiger partial charge in [0.2, 0.25) is 0 Å². The van der Waals surface area contributed by atoms with Crippen molar-refractivity contribution in [1.82, 2.24) is 19.6 Å². The van der Waals surface area contributed by atoms with Crippen molar-refractivity contribution in [2.24, 2.45) is 0 Å². The van der Waals surface area contributed by atoms with Crippen LogP contribution in [0.25, 0.3) is 11.0 Å². The summed E-state index contributed by atoms with van der Waals surface area (Å²) >= 11 is 0. The van der Waals surface area contributed by atoms with Crippen molar-refractivity contribution in [3.8, 4) is 5.75 Å². The highest BCUT2D eigenvalue weighted by Crippen LogP contribution is 2.33. The first kappa shape index (κ1) is 39.2. The number of aryl methyl sites for hydroxylation is 2. The Hall–Kier alpha value is -4.54. The number of rotatable bonds is 11. The third-order valence-corrected chi connectivity index (χ3v) is 10.1. The van der Waals surface area contributed by atoms with Crippen LogP contribution in [0.4, 0.5) is 28.0 Å². The van der Waals surface area contributed by atoms with Crippen molar-refractivity contribution >= 4 is 22.7 Å². The van der Waals surface area contributed by atoms with Gasteiger partial charge in [0.15, 0.2) is 11.7 Å². The maximum Gasteiger partial charge on any atom is 0.414 e. The first-order valence-electron chi connectivity index (χ1n) is 18.2. The van der Waals surface area contributed by atoms with Crippen LogP contribution >= 0.6 is 0 Å². The minimum atomic E-state index is -4.65. The molecule has 1 N–H and O–H groups in total. The standard InChI is InChI=1S/C23H27FN4O2.C15H18F3NO5/c1-15-18(23(29)28-10-3-2-4-21(28)25-15)9-13-27-11-7-16(8-12-27)22-19-6-5-17(24)14-20(19)30-26-22;1-22-9-12-8-19(14(21)24-12)10-2-4-11(5-3-10)23-7-6-13(20)15(16,17)18/h5-6,14,16H,2-4,7-13H2,1H3;2-5,12-13,20H,6-9H2,1H3/t;12-,13-/m.1/s1. The molecule has 12 nitrogen and oxygen atoms in total. The average molecular weight is 760 g/mol. The lowest BCUT2D eigenvalue weighted by atomic mass is 9.91. The number of aliphatic hydroxyl groups excluding tert-OH is 1. The zero-order chi connectivity index (χ0) is 38.4. The van der Waals surface area contributed by atoms with Crippen molar-refractivity contribution in [3.05, 3.63) is 81.4 Å². The molecule has 3 aliphatic rings. The van der Waals surface area contributed by atoms with Crippen LogP contribution in [0.3, 0.4) is 0 Å². The van der Waals surface area contributed by atoms with Crippen LogP contribution in [0.2, 0.25) is 0 Å². The summed E-state index contributed by atoms with van der Waals surface area (Å²) in [4.78, 5) is 33.3. The molecule has 3 aliphatic heterocycles. The number of aromatic nitrogens is 3. The van der Waals surface area contributed by atoms with Gasteiger partial charge in [0.25, 0.3) is 5.56 Å². The highest BCUT2D eigenvalue weighted by Gasteiger charge is 2.38. The molecule has 2 fully saturated rings. The van der Waals surface area contributed by atoms with Crippen LogP contribution in [0.15, 0.2) is 51.8 Å². The van der Waals surface area contributed by atoms with E-state index in [-0.39, 0.29) is 24.1 Å². The van der Waals surface area contributed by atoms with Gasteiger partial charge in [-0.3, -0.25) is 14.3 Å². The van der Waals surface area contributed by atoms with E-state index in [1.54, 1.807) is 18.2 Å². The molecule has 0 saturated carbocycles. The lowest BCUT2D eigenvalue weighted by molar-refractivity contribution is -0.206. The number of ether oxygens (including phenoxy) is 3. The minimum Gasteiger partial charge on any atom is -0.493 e. The first-order valence-corrected chi connectivity index (χ1v) is 18.2. The molecule has 0 radical (unpaired) electrons. The van der Waals surface area contributed by atoms with Gasteiger partial charge in [0.1, 0.15) is 23.5 Å². The number of aliphatic hydroxyl groups is 1. The van der Waals surface area contributed by atoms with Gasteiger partial charge in [0, 0.05) is 67.4 Å². The fourth-order valence-electron chi connectivity index (χ4n) is 7.12. The topological polar surface area (TPSA) is 132 Å². The van der Waals surface area contributed by atoms with Crippen LogP contribution in [0, 0.1) is 12.7 Å². The second-order valence-corrected chi connectivity index (χ2v) is 13.8. The fourth-order valence-corrected chi connectivity index (χ4v) is 7.12. The van der Waals surface area contributed by atoms with E-state index in [1.165, 1.54) is 36.3 Å². The Bertz CT molecular complexity index is 1940. The van der Waals surface area contributed by atoms with Crippen LogP contribution in [-0.4, -0.2) is 95.7 Å². The number of halogens is 4. The van der Waals surface area contributed by atoms with Gasteiger partial charge < -0.3 is 28.7 Å². The summed E-state index contributed by atoms with van der Waals surface area (Å²) in [6.45, 7) is 5.93. The van der Waals surface area contributed by atoms with Gasteiger partial charge in [-0.1, -0.05) is 5.16 Å². The Morgan fingerprint density at radius 3 is 2.54 bits per heavy atom. The number of carbonyl (C=O) groups excluding carboxylic acids is 1. The van der Waals surface area contributed by atoms with Crippen LogP contribution in [-0.2, 0) is 28.9 Å². The number of alkyl halides is 3. The smallest absolute Gasteiger partial charge is 0.414 e. The van der Waals surface area contributed by atoms with Gasteiger partial charge in [-0.05, 0) is 88.5 Å². The third kappa shape index (κ3) is 9.39. The Labute approximate surface area is 309 Å². The maximum absolute atomic E-state index is 13.4. The Balaban J connectivity index is 0.000000190. The van der Waals surface area contributed by atoms with Gasteiger partial charge in [-0.2, -0.15) is 13.2 Å². The summed E-state index contributed by atoms with van der Waals surface area (Å²) in [5, 5.41) is 14.0. The van der Waals surface area contributed by atoms with Crippen molar-refractivity contribution in [2.75, 3.05) is 51.4 Å². The van der Waals surface area contributed by atoms with E-state index >= 15 is 0 Å². The molecular weight excluding hydrogens is 714 g/mol. The largest absolute Gasteiger partial charge is 0.493 e. The van der Waals surface area contributed by atoms with Gasteiger partial charge >= 0.3 is 12.3 Å². The molecule has 2 aromatic carbocycles. The van der Waals surface area contributed by atoms with Crippen molar-refractivity contribution < 1.29 is 46.2 Å². The first-order chi connectivity index (χ1) is 25.9. The number of likely N-dealkylation sites (tertiary alicyclic amines) is 1. The molecule has 0 aliphatic carbocycles. The normalized spacial score (nSPS) is 18.6. The van der Waals surface area contributed by atoms with Gasteiger partial charge in [-0.15, -0.1) is 0 Å². The number of carbonyl (C=O) groups is 1. The number of fused-ring (bicyclic) bond motifs is 2. The van der Waals surface area contributed by atoms with E-state index in [2.05, 4.69) is 10.1 Å². The quantitative estimate of drug-likeness (QED) is 0.183. The molecule has 0 spiro atoms. The number of hydrogen-bond acceptors (Lipinski definition) is 10. The molecule has 2 aromatic heterocycles. The molecule has 0 unspecified atom stereocenters. The summed E-state index contributed by atoms with van der Waals surface area (Å²) in [7, 11) is 1.51. The maximum atomic E-state index is 13.4. The number of piperidine rings is 1. The van der Waals surface area contributed by atoms with E-state index in [1.807, 2.05) is 11.5 Å². The SMILES string of the molecule is COC[C@H]1CN(c2ccc(OCC[C@@H](O)C(F)(F)F)cc2)C(=O)O1.Cc1nc2n(c(=O)c1CCN1CCC(c3noc4cc(F)ccc34)CC1)CCCC2. The van der Waals surface area contributed by atoms with Gasteiger partial charge in [-0.25, -0.2) is 14.2 Å². The lowest BCUT2D eigenvalue weighted by Gasteiger charge is -2.31. The summed E-state index contributed by atoms with van der Waals surface area (Å²) < 4.78 is 72.3. The second-order valence-electron chi connectivity index (χ2n) is 13.8. The molecule has 2 atom stereocenters. The summed E-state index contributed by atoms with van der Waals surface area (Å²) in [5.41, 5.74) is 3.97. The summed E-state index contributed by atoms with van der Waals surface area (Å²) in [5.74, 6) is 1.32. The molecule has 5 heterocycles. The van der Waals surface area contributed by atoms with Crippen molar-refractivity contribution in [1.29, 1.82) is 0 Å². The molecule has 0 bridgehead atoms. The number of nitrogens with zero attached hydrogens (tertiary/aromatic N) is 5. The second kappa shape index (κ2) is 17.3. The Kier molecular flexibility index (Phi) is 12.5. The van der Waals surface area contributed by atoms with Crippen molar-refractivity contribution in [3.63, 3.8) is 0 Å². The molecule has 16 heteroatoms. The predicted octanol–water partition coefficient (Wildman–Crippen LogP) is 5.94. The number of amides is 1. The molecule has 4 aromatic rings. The monoisotopic (exact) mass is 759 g/mol. The Morgan fingerprint density at radius 2 is 1.81 bits per heavy atom. The molecule has 1 amide bonds. The molecule has 54 heavy (non-hydrogen) atoms. The zero-order valence-corrected chi connectivity index (χ0v) is 30.3. The van der Waals surface area contributed by atoms with E-state index < -0.39 is 24.8 Å². The van der Waals surface area contributed by atoms with Crippen molar-refractivity contribution in [2.45, 2.75) is 82.7 Å². The summed E-state index contributed by atoms with van der Waals surface area (Å²) in [6, 6.07) is 10.9. The van der Waals surface area contributed by atoms with Crippen LogP contribution in [0.5, 0.6) is 5.75 Å². The Morgan fingerprint density at radius 1 is 1.06 bits per heavy atom. The van der Waals surface area contributed by atoms with E-state index in [0.717, 1.165) is 92.9 Å². The predicted molar refractivity (Wildman–Crippen MR) is 190 cm³/mol. The van der Waals surface area contributed by atoms with Crippen LogP contribution < -0.4 is 15.2 Å². The number of methoxy groups -OCH3 is 1. The highest BCUT2D eigenvalue weighted by atomic mass is 19.4. The number of hydrogen-bond donors (Lipinski definition) is 1. The molecule has 2 saturated heterocycles. The number of benzene rings is 2. The number of cyclic esters (lactones) is 1. The molecule has 7 rings (SSSR count). The van der Waals surface area contributed by atoms with Crippen LogP contribution in [0.1, 0.15) is 60.8 Å². The van der Waals surface area contributed by atoms with E-state index in [0.29, 0.717) is 36.1 Å². The lowest BCUT2D eigenvalue weighted by Crippen LogP contribution is -2.37. The molecular formula is C38H45F4N5O7. The molecule has 292 valence electrons. The average Bonchev–Trinajstić information content (AvgIpc) is 3.74. The third-order valence-electron chi connectivity index (χ3n) is 10.1. The number of anilines is 1. The zero-order valence-electron chi connectivity index (χ0n) is 30.3. The highest BCUT2D eigenvalue weighted by molar-refractivity contribution is 5.89. The van der Waals surface area contributed by atoms with Gasteiger partial charge in [0.05, 0.1) is 25.5 Å². The van der Waals surface area contributed by atoms with E-state index in [9.17, 15) is 27.2 Å². The van der Waals surface area contributed by atoms with E-state index in [4.69, 9.17) is 28.8 Å². The summed E-state index contributed by atoms with van der Waals surface area (Å²) in [6.07, 6.45) is -2.63. The fraction of sp³-hybridized carbons (Fsp3) is 0.526.